The molecule has 0 unspecified atom stereocenters. The van der Waals surface area contributed by atoms with E-state index in [0.717, 1.165) is 5.56 Å². The number of nitrogen functional groups attached to an aromatic ring is 1. The number of nitrogens with one attached hydrogen (secondary N) is 1. The number of halogens is 1. The van der Waals surface area contributed by atoms with Gasteiger partial charge in [0.05, 0.1) is 11.4 Å². The highest BCUT2D eigenvalue weighted by molar-refractivity contribution is 9.10. The van der Waals surface area contributed by atoms with Gasteiger partial charge in [-0.25, -0.2) is 8.42 Å². The molecule has 100 valence electrons. The first-order chi connectivity index (χ1) is 8.90. The van der Waals surface area contributed by atoms with Gasteiger partial charge in [-0.15, -0.1) is 0 Å². The van der Waals surface area contributed by atoms with Crippen LogP contribution in [0.3, 0.4) is 0 Å². The van der Waals surface area contributed by atoms with Gasteiger partial charge >= 0.3 is 0 Å². The summed E-state index contributed by atoms with van der Waals surface area (Å²) in [5.74, 6) is 0. The Kier molecular flexibility index (Phi) is 3.82. The van der Waals surface area contributed by atoms with Gasteiger partial charge in [-0.05, 0) is 52.7 Å². The number of para-hydroxylation sites is 1. The molecule has 0 fully saturated rings. The third kappa shape index (κ3) is 3.08. The summed E-state index contributed by atoms with van der Waals surface area (Å²) >= 11 is 3.32. The number of anilines is 2. The summed E-state index contributed by atoms with van der Waals surface area (Å²) in [5.41, 5.74) is 7.37. The lowest BCUT2D eigenvalue weighted by atomic mass is 10.2. The molecule has 19 heavy (non-hydrogen) atoms. The Hall–Kier alpha value is -1.53. The zero-order valence-corrected chi connectivity index (χ0v) is 12.6. The van der Waals surface area contributed by atoms with Gasteiger partial charge in [0.15, 0.2) is 0 Å². The minimum Gasteiger partial charge on any atom is -0.398 e. The number of nitrogens with two attached hydrogens (primary N) is 1. The van der Waals surface area contributed by atoms with Gasteiger partial charge in [0.1, 0.15) is 4.90 Å². The van der Waals surface area contributed by atoms with Gasteiger partial charge in [-0.2, -0.15) is 0 Å². The first-order valence-corrected chi connectivity index (χ1v) is 7.81. The molecule has 2 rings (SSSR count). The van der Waals surface area contributed by atoms with E-state index in [1.807, 2.05) is 13.0 Å². The van der Waals surface area contributed by atoms with E-state index in [9.17, 15) is 8.42 Å². The van der Waals surface area contributed by atoms with Crippen molar-refractivity contribution in [2.45, 2.75) is 11.8 Å². The summed E-state index contributed by atoms with van der Waals surface area (Å²) in [6.07, 6.45) is 0. The minimum atomic E-state index is -3.69. The molecule has 6 heteroatoms. The molecule has 0 aliphatic carbocycles. The second-order valence-corrected chi connectivity index (χ2v) is 6.63. The van der Waals surface area contributed by atoms with Crippen molar-refractivity contribution in [3.8, 4) is 0 Å². The summed E-state index contributed by atoms with van der Waals surface area (Å²) in [7, 11) is -3.69. The zero-order chi connectivity index (χ0) is 14.0. The van der Waals surface area contributed by atoms with Crippen LogP contribution in [0.2, 0.25) is 0 Å². The van der Waals surface area contributed by atoms with Crippen LogP contribution in [-0.2, 0) is 10.0 Å². The van der Waals surface area contributed by atoms with Crippen LogP contribution < -0.4 is 10.5 Å². The molecule has 0 aromatic heterocycles. The molecule has 2 aromatic carbocycles. The van der Waals surface area contributed by atoms with Crippen molar-refractivity contribution in [2.75, 3.05) is 10.5 Å². The lowest BCUT2D eigenvalue weighted by Gasteiger charge is -2.11. The quantitative estimate of drug-likeness (QED) is 0.843. The zero-order valence-electron chi connectivity index (χ0n) is 10.2. The molecule has 0 saturated carbocycles. The molecule has 0 amide bonds. The van der Waals surface area contributed by atoms with Crippen molar-refractivity contribution in [1.82, 2.24) is 0 Å². The molecule has 0 radical (unpaired) electrons. The average molecular weight is 341 g/mol. The van der Waals surface area contributed by atoms with Crippen LogP contribution in [0.1, 0.15) is 5.56 Å². The smallest absolute Gasteiger partial charge is 0.263 e. The Bertz CT molecular complexity index is 714. The van der Waals surface area contributed by atoms with E-state index >= 15 is 0 Å². The van der Waals surface area contributed by atoms with Crippen LogP contribution in [0.25, 0.3) is 0 Å². The second kappa shape index (κ2) is 5.22. The summed E-state index contributed by atoms with van der Waals surface area (Å²) in [6.45, 7) is 1.89. The Morgan fingerprint density at radius 1 is 1.16 bits per heavy atom. The van der Waals surface area contributed by atoms with Crippen molar-refractivity contribution in [3.63, 3.8) is 0 Å². The molecular formula is C13H13BrN2O2S. The Labute approximate surface area is 120 Å². The Morgan fingerprint density at radius 3 is 2.53 bits per heavy atom. The second-order valence-electron chi connectivity index (χ2n) is 4.13. The maximum atomic E-state index is 12.3. The molecule has 0 aliphatic heterocycles. The molecule has 0 saturated heterocycles. The topological polar surface area (TPSA) is 72.2 Å². The first kappa shape index (κ1) is 13.9. The minimum absolute atomic E-state index is 0.0726. The van der Waals surface area contributed by atoms with E-state index in [1.54, 1.807) is 30.3 Å². The fourth-order valence-corrected chi connectivity index (χ4v) is 3.32. The van der Waals surface area contributed by atoms with Crippen molar-refractivity contribution in [3.05, 3.63) is 52.5 Å². The highest BCUT2D eigenvalue weighted by atomic mass is 79.9. The number of sulfonamides is 1. The van der Waals surface area contributed by atoms with E-state index in [4.69, 9.17) is 5.73 Å². The van der Waals surface area contributed by atoms with Crippen molar-refractivity contribution < 1.29 is 8.42 Å². The maximum Gasteiger partial charge on any atom is 0.263 e. The molecule has 0 bridgehead atoms. The predicted molar refractivity (Wildman–Crippen MR) is 80.5 cm³/mol. The number of hydrogen-bond acceptors (Lipinski definition) is 3. The van der Waals surface area contributed by atoms with E-state index in [2.05, 4.69) is 20.7 Å². The monoisotopic (exact) mass is 340 g/mol. The third-order valence-corrected chi connectivity index (χ3v) is 4.71. The maximum absolute atomic E-state index is 12.3. The average Bonchev–Trinajstić information content (AvgIpc) is 2.34. The predicted octanol–water partition coefficient (Wildman–Crippen LogP) is 3.14. The number of aryl methyl sites for hydroxylation is 1. The molecule has 0 aliphatic rings. The highest BCUT2D eigenvalue weighted by Gasteiger charge is 2.18. The van der Waals surface area contributed by atoms with E-state index in [0.29, 0.717) is 10.2 Å². The fraction of sp³-hybridized carbons (Fsp3) is 0.0769. The first-order valence-electron chi connectivity index (χ1n) is 5.53. The van der Waals surface area contributed by atoms with Gasteiger partial charge in [0, 0.05) is 4.47 Å². The third-order valence-electron chi connectivity index (χ3n) is 2.57. The van der Waals surface area contributed by atoms with Crippen LogP contribution in [0.15, 0.2) is 51.8 Å². The summed E-state index contributed by atoms with van der Waals surface area (Å²) in [4.78, 5) is 0.0726. The normalized spacial score (nSPS) is 11.3. The summed E-state index contributed by atoms with van der Waals surface area (Å²) in [5, 5.41) is 0. The van der Waals surface area contributed by atoms with Crippen LogP contribution >= 0.6 is 15.9 Å². The van der Waals surface area contributed by atoms with Gasteiger partial charge in [0.2, 0.25) is 0 Å². The Balaban J connectivity index is 2.43. The van der Waals surface area contributed by atoms with Gasteiger partial charge in [0.25, 0.3) is 10.0 Å². The number of rotatable bonds is 3. The molecule has 0 atom stereocenters. The van der Waals surface area contributed by atoms with Crippen LogP contribution in [-0.4, -0.2) is 8.42 Å². The number of hydrogen-bond donors (Lipinski definition) is 2. The summed E-state index contributed by atoms with van der Waals surface area (Å²) in [6, 6.07) is 11.8. The van der Waals surface area contributed by atoms with Crippen LogP contribution in [0.4, 0.5) is 11.4 Å². The van der Waals surface area contributed by atoms with Gasteiger partial charge in [-0.3, -0.25) is 4.72 Å². The van der Waals surface area contributed by atoms with Gasteiger partial charge in [-0.1, -0.05) is 18.2 Å². The van der Waals surface area contributed by atoms with E-state index < -0.39 is 10.0 Å². The molecule has 0 spiro atoms. The van der Waals surface area contributed by atoms with Crippen molar-refractivity contribution in [1.29, 1.82) is 0 Å². The lowest BCUT2D eigenvalue weighted by Crippen LogP contribution is -2.15. The van der Waals surface area contributed by atoms with Crippen molar-refractivity contribution in [2.24, 2.45) is 0 Å². The molecule has 4 nitrogen and oxygen atoms in total. The molecular weight excluding hydrogens is 328 g/mol. The summed E-state index contributed by atoms with van der Waals surface area (Å²) < 4.78 is 27.8. The molecule has 2 aromatic rings. The number of benzene rings is 2. The highest BCUT2D eigenvalue weighted by Crippen LogP contribution is 2.27. The Morgan fingerprint density at radius 2 is 1.84 bits per heavy atom. The van der Waals surface area contributed by atoms with E-state index in [-0.39, 0.29) is 10.6 Å². The SMILES string of the molecule is Cc1ccc(Br)c(NS(=O)(=O)c2ccccc2N)c1. The van der Waals surface area contributed by atoms with Crippen LogP contribution in [0.5, 0.6) is 0 Å². The molecule has 0 heterocycles. The van der Waals surface area contributed by atoms with E-state index in [1.165, 1.54) is 6.07 Å². The standard InChI is InChI=1S/C13H13BrN2O2S/c1-9-6-7-10(14)12(8-9)16-19(17,18)13-5-3-2-4-11(13)15/h2-8,16H,15H2,1H3. The van der Waals surface area contributed by atoms with Crippen LogP contribution in [0, 0.1) is 6.92 Å². The lowest BCUT2D eigenvalue weighted by molar-refractivity contribution is 0.601. The largest absolute Gasteiger partial charge is 0.398 e. The fourth-order valence-electron chi connectivity index (χ4n) is 1.64. The van der Waals surface area contributed by atoms with Gasteiger partial charge < -0.3 is 5.73 Å². The molecule has 3 N–H and O–H groups in total. The van der Waals surface area contributed by atoms with Crippen molar-refractivity contribution >= 4 is 37.3 Å².